The lowest BCUT2D eigenvalue weighted by Crippen LogP contribution is -2.56. The Hall–Kier alpha value is -2.08. The summed E-state index contributed by atoms with van der Waals surface area (Å²) in [5, 5.41) is 18.4. The first-order chi connectivity index (χ1) is 8.87. The summed E-state index contributed by atoms with van der Waals surface area (Å²) in [5.41, 5.74) is -0.428. The second-order valence-corrected chi connectivity index (χ2v) is 4.84. The Bertz CT molecular complexity index is 538. The van der Waals surface area contributed by atoms with Gasteiger partial charge in [-0.25, -0.2) is 4.79 Å². The van der Waals surface area contributed by atoms with Crippen LogP contribution in [-0.2, 0) is 16.2 Å². The Balaban J connectivity index is 2.57. The van der Waals surface area contributed by atoms with Crippen molar-refractivity contribution in [3.63, 3.8) is 0 Å². The minimum atomic E-state index is -1.39. The number of ether oxygens (including phenoxy) is 1. The van der Waals surface area contributed by atoms with Crippen molar-refractivity contribution in [3.8, 4) is 5.75 Å². The lowest BCUT2D eigenvalue weighted by molar-refractivity contribution is -0.144. The zero-order valence-electron chi connectivity index (χ0n) is 10.7. The third kappa shape index (κ3) is 2.15. The van der Waals surface area contributed by atoms with Crippen molar-refractivity contribution < 1.29 is 24.5 Å². The molecule has 1 aromatic carbocycles. The predicted octanol–water partition coefficient (Wildman–Crippen LogP) is 0.767. The van der Waals surface area contributed by atoms with Gasteiger partial charge in [0.25, 0.3) is 5.91 Å². The molecule has 0 radical (unpaired) electrons. The Morgan fingerprint density at radius 3 is 2.74 bits per heavy atom. The molecule has 0 aliphatic carbocycles. The van der Waals surface area contributed by atoms with Crippen LogP contribution < -0.4 is 9.64 Å². The summed E-state index contributed by atoms with van der Waals surface area (Å²) >= 11 is 0. The summed E-state index contributed by atoms with van der Waals surface area (Å²) in [6.45, 7) is 2.52. The summed E-state index contributed by atoms with van der Waals surface area (Å²) in [6.07, 6.45) is 0. The number of anilines is 1. The smallest absolute Gasteiger partial charge is 0.329 e. The van der Waals surface area contributed by atoms with E-state index < -0.39 is 17.4 Å². The van der Waals surface area contributed by atoms with Gasteiger partial charge < -0.3 is 14.9 Å². The van der Waals surface area contributed by atoms with Gasteiger partial charge >= 0.3 is 5.97 Å². The molecule has 0 spiro atoms. The molecule has 0 unspecified atom stereocenters. The van der Waals surface area contributed by atoms with Crippen LogP contribution in [0, 0.1) is 0 Å². The highest BCUT2D eigenvalue weighted by Crippen LogP contribution is 2.37. The first kappa shape index (κ1) is 13.4. The third-order valence-electron chi connectivity index (χ3n) is 3.13. The first-order valence-electron chi connectivity index (χ1n) is 5.81. The van der Waals surface area contributed by atoms with E-state index in [1.807, 2.05) is 0 Å². The SMILES string of the molecule is CC(C)(C(=O)O)N1C(=O)COc2ccc(CO)cc21. The number of benzene rings is 1. The van der Waals surface area contributed by atoms with Crippen LogP contribution in [0.4, 0.5) is 5.69 Å². The second kappa shape index (κ2) is 4.55. The topological polar surface area (TPSA) is 87.1 Å². The third-order valence-corrected chi connectivity index (χ3v) is 3.13. The Labute approximate surface area is 110 Å². The van der Waals surface area contributed by atoms with Crippen molar-refractivity contribution in [1.82, 2.24) is 0 Å². The number of carbonyl (C=O) groups excluding carboxylic acids is 1. The maximum Gasteiger partial charge on any atom is 0.329 e. The van der Waals surface area contributed by atoms with Crippen molar-refractivity contribution in [1.29, 1.82) is 0 Å². The monoisotopic (exact) mass is 265 g/mol. The van der Waals surface area contributed by atoms with Crippen molar-refractivity contribution in [2.75, 3.05) is 11.5 Å². The number of carboxylic acid groups (broad SMARTS) is 1. The van der Waals surface area contributed by atoms with E-state index >= 15 is 0 Å². The zero-order chi connectivity index (χ0) is 14.2. The molecule has 0 saturated heterocycles. The molecule has 2 rings (SSSR count). The highest BCUT2D eigenvalue weighted by molar-refractivity contribution is 6.04. The molecule has 6 nitrogen and oxygen atoms in total. The highest BCUT2D eigenvalue weighted by atomic mass is 16.5. The van der Waals surface area contributed by atoms with Gasteiger partial charge in [0.1, 0.15) is 11.3 Å². The van der Waals surface area contributed by atoms with E-state index in [-0.39, 0.29) is 13.2 Å². The molecule has 0 aromatic heterocycles. The molecular formula is C13H15NO5. The summed E-state index contributed by atoms with van der Waals surface area (Å²) in [7, 11) is 0. The van der Waals surface area contributed by atoms with Crippen LogP contribution in [0.1, 0.15) is 19.4 Å². The van der Waals surface area contributed by atoms with E-state index in [4.69, 9.17) is 9.84 Å². The molecule has 6 heteroatoms. The van der Waals surface area contributed by atoms with Gasteiger partial charge in [-0.2, -0.15) is 0 Å². The van der Waals surface area contributed by atoms with Crippen molar-refractivity contribution >= 4 is 17.6 Å². The van der Waals surface area contributed by atoms with Crippen LogP contribution in [0.15, 0.2) is 18.2 Å². The molecule has 1 aliphatic heterocycles. The molecule has 2 N–H and O–H groups in total. The van der Waals surface area contributed by atoms with Crippen molar-refractivity contribution in [2.24, 2.45) is 0 Å². The number of amides is 1. The lowest BCUT2D eigenvalue weighted by atomic mass is 10.00. The van der Waals surface area contributed by atoms with E-state index in [2.05, 4.69) is 0 Å². The minimum Gasteiger partial charge on any atom is -0.482 e. The van der Waals surface area contributed by atoms with E-state index in [0.29, 0.717) is 17.0 Å². The highest BCUT2D eigenvalue weighted by Gasteiger charge is 2.42. The zero-order valence-corrected chi connectivity index (χ0v) is 10.7. The number of aliphatic hydroxyl groups excluding tert-OH is 1. The maximum atomic E-state index is 12.0. The average Bonchev–Trinajstić information content (AvgIpc) is 2.37. The number of carboxylic acids is 1. The van der Waals surface area contributed by atoms with Gasteiger partial charge in [0, 0.05) is 0 Å². The number of carbonyl (C=O) groups is 2. The summed E-state index contributed by atoms with van der Waals surface area (Å²) in [4.78, 5) is 24.5. The van der Waals surface area contributed by atoms with E-state index in [1.165, 1.54) is 18.7 Å². The Kier molecular flexibility index (Phi) is 3.20. The fraction of sp³-hybridized carbons (Fsp3) is 0.385. The number of hydrogen-bond acceptors (Lipinski definition) is 4. The molecule has 1 amide bonds. The lowest BCUT2D eigenvalue weighted by Gasteiger charge is -2.38. The number of hydrogen-bond donors (Lipinski definition) is 2. The van der Waals surface area contributed by atoms with E-state index in [0.717, 1.165) is 0 Å². The van der Waals surface area contributed by atoms with Crippen LogP contribution in [0.3, 0.4) is 0 Å². The number of fused-ring (bicyclic) bond motifs is 1. The van der Waals surface area contributed by atoms with Crippen LogP contribution >= 0.6 is 0 Å². The maximum absolute atomic E-state index is 12.0. The number of aliphatic carboxylic acids is 1. The summed E-state index contributed by atoms with van der Waals surface area (Å²) in [5.74, 6) is -1.09. The van der Waals surface area contributed by atoms with Crippen LogP contribution in [-0.4, -0.2) is 34.2 Å². The van der Waals surface area contributed by atoms with Crippen molar-refractivity contribution in [2.45, 2.75) is 26.0 Å². The molecule has 0 bridgehead atoms. The molecule has 19 heavy (non-hydrogen) atoms. The quantitative estimate of drug-likeness (QED) is 0.842. The fourth-order valence-electron chi connectivity index (χ4n) is 2.01. The predicted molar refractivity (Wildman–Crippen MR) is 67.1 cm³/mol. The van der Waals surface area contributed by atoms with Gasteiger partial charge in [-0.1, -0.05) is 6.07 Å². The number of nitrogens with zero attached hydrogens (tertiary/aromatic N) is 1. The average molecular weight is 265 g/mol. The fourth-order valence-corrected chi connectivity index (χ4v) is 2.01. The molecule has 1 heterocycles. The number of aliphatic hydroxyl groups is 1. The van der Waals surface area contributed by atoms with Crippen LogP contribution in [0.25, 0.3) is 0 Å². The van der Waals surface area contributed by atoms with E-state index in [9.17, 15) is 14.7 Å². The van der Waals surface area contributed by atoms with Gasteiger partial charge in [0.15, 0.2) is 6.61 Å². The summed E-state index contributed by atoms with van der Waals surface area (Å²) < 4.78 is 5.27. The van der Waals surface area contributed by atoms with Gasteiger partial charge in [-0.05, 0) is 31.5 Å². The van der Waals surface area contributed by atoms with Crippen molar-refractivity contribution in [3.05, 3.63) is 23.8 Å². The minimum absolute atomic E-state index is 0.192. The molecule has 1 aromatic rings. The standard InChI is InChI=1S/C13H15NO5/c1-13(2,12(17)18)14-9-5-8(6-15)3-4-10(9)19-7-11(14)16/h3-5,15H,6-7H2,1-2H3,(H,17,18). The largest absolute Gasteiger partial charge is 0.482 e. The molecular weight excluding hydrogens is 250 g/mol. The normalized spacial score (nSPS) is 14.9. The van der Waals surface area contributed by atoms with E-state index in [1.54, 1.807) is 18.2 Å². The summed E-state index contributed by atoms with van der Waals surface area (Å²) in [6, 6.07) is 4.86. The Morgan fingerprint density at radius 1 is 1.47 bits per heavy atom. The molecule has 0 saturated carbocycles. The second-order valence-electron chi connectivity index (χ2n) is 4.84. The molecule has 0 fully saturated rings. The van der Waals surface area contributed by atoms with Gasteiger partial charge in [-0.15, -0.1) is 0 Å². The Morgan fingerprint density at radius 2 is 2.16 bits per heavy atom. The molecule has 1 aliphatic rings. The molecule has 0 atom stereocenters. The van der Waals surface area contributed by atoms with Crippen LogP contribution in [0.2, 0.25) is 0 Å². The first-order valence-corrected chi connectivity index (χ1v) is 5.81. The van der Waals surface area contributed by atoms with Crippen LogP contribution in [0.5, 0.6) is 5.75 Å². The molecule has 102 valence electrons. The number of rotatable bonds is 3. The van der Waals surface area contributed by atoms with Gasteiger partial charge in [0.2, 0.25) is 0 Å². The van der Waals surface area contributed by atoms with Gasteiger partial charge in [0.05, 0.1) is 12.3 Å². The van der Waals surface area contributed by atoms with Gasteiger partial charge in [-0.3, -0.25) is 9.69 Å².